The largest absolute Gasteiger partial charge is 0.454 e. The third kappa shape index (κ3) is 3.29. The van der Waals surface area contributed by atoms with Gasteiger partial charge >= 0.3 is 5.97 Å². The van der Waals surface area contributed by atoms with Gasteiger partial charge in [-0.3, -0.25) is 4.98 Å². The molecule has 0 aliphatic rings. The number of esters is 1. The van der Waals surface area contributed by atoms with Gasteiger partial charge in [-0.05, 0) is 24.3 Å². The Labute approximate surface area is 130 Å². The Bertz CT molecular complexity index is 772. The normalized spacial score (nSPS) is 10.4. The maximum Gasteiger partial charge on any atom is 0.358 e. The van der Waals surface area contributed by atoms with Crippen LogP contribution in [0.4, 0.5) is 0 Å². The SMILES string of the molecule is O=C(OCc1cc(-c2ccc(Cl)cc2)on1)c1cnccn1. The Kier molecular flexibility index (Phi) is 4.11. The second-order valence-electron chi connectivity index (χ2n) is 4.36. The number of aromatic nitrogens is 3. The molecule has 0 saturated heterocycles. The molecule has 1 aromatic carbocycles. The highest BCUT2D eigenvalue weighted by Crippen LogP contribution is 2.22. The van der Waals surface area contributed by atoms with Gasteiger partial charge in [-0.1, -0.05) is 16.8 Å². The lowest BCUT2D eigenvalue weighted by Gasteiger charge is -2.00. The van der Waals surface area contributed by atoms with Crippen LogP contribution in [0.15, 0.2) is 53.4 Å². The van der Waals surface area contributed by atoms with Crippen molar-refractivity contribution in [2.75, 3.05) is 0 Å². The minimum Gasteiger partial charge on any atom is -0.454 e. The molecular formula is C15H10ClN3O3. The molecule has 0 bridgehead atoms. The third-order valence-corrected chi connectivity index (χ3v) is 3.06. The van der Waals surface area contributed by atoms with Crippen LogP contribution in [0.2, 0.25) is 5.02 Å². The van der Waals surface area contributed by atoms with Gasteiger partial charge in [0.15, 0.2) is 11.5 Å². The Morgan fingerprint density at radius 1 is 1.23 bits per heavy atom. The quantitative estimate of drug-likeness (QED) is 0.688. The molecule has 0 spiro atoms. The lowest BCUT2D eigenvalue weighted by atomic mass is 10.2. The fourth-order valence-corrected chi connectivity index (χ4v) is 1.87. The van der Waals surface area contributed by atoms with Crippen molar-refractivity contribution < 1.29 is 14.1 Å². The van der Waals surface area contributed by atoms with Crippen LogP contribution in [-0.2, 0) is 11.3 Å². The van der Waals surface area contributed by atoms with Crippen LogP contribution >= 0.6 is 11.6 Å². The molecule has 0 aliphatic carbocycles. The maximum atomic E-state index is 11.7. The molecule has 0 fully saturated rings. The zero-order valence-electron chi connectivity index (χ0n) is 11.3. The van der Waals surface area contributed by atoms with Crippen molar-refractivity contribution in [1.82, 2.24) is 15.1 Å². The monoisotopic (exact) mass is 315 g/mol. The van der Waals surface area contributed by atoms with Crippen molar-refractivity contribution in [1.29, 1.82) is 0 Å². The standard InChI is InChI=1S/C15H10ClN3O3/c16-11-3-1-10(2-4-11)14-7-12(19-22-14)9-21-15(20)13-8-17-5-6-18-13/h1-8H,9H2. The summed E-state index contributed by atoms with van der Waals surface area (Å²) >= 11 is 5.83. The number of hydrogen-bond acceptors (Lipinski definition) is 6. The van der Waals surface area contributed by atoms with E-state index < -0.39 is 5.97 Å². The number of carbonyl (C=O) groups excluding carboxylic acids is 1. The summed E-state index contributed by atoms with van der Waals surface area (Å²) in [5, 5.41) is 4.50. The first-order chi connectivity index (χ1) is 10.7. The Morgan fingerprint density at radius 2 is 2.05 bits per heavy atom. The zero-order chi connectivity index (χ0) is 15.4. The summed E-state index contributed by atoms with van der Waals surface area (Å²) in [6.45, 7) is -0.00744. The minimum absolute atomic E-state index is 0.00744. The second kappa shape index (κ2) is 6.36. The van der Waals surface area contributed by atoms with E-state index in [1.807, 2.05) is 12.1 Å². The lowest BCUT2D eigenvalue weighted by molar-refractivity contribution is 0.0456. The van der Waals surface area contributed by atoms with E-state index in [1.165, 1.54) is 18.6 Å². The number of ether oxygens (including phenoxy) is 1. The molecule has 3 aromatic rings. The number of benzene rings is 1. The fourth-order valence-electron chi connectivity index (χ4n) is 1.75. The molecule has 22 heavy (non-hydrogen) atoms. The second-order valence-corrected chi connectivity index (χ2v) is 4.79. The van der Waals surface area contributed by atoms with E-state index in [-0.39, 0.29) is 12.3 Å². The smallest absolute Gasteiger partial charge is 0.358 e. The Hall–Kier alpha value is -2.73. The highest BCUT2D eigenvalue weighted by atomic mass is 35.5. The molecule has 0 N–H and O–H groups in total. The molecule has 0 amide bonds. The molecule has 0 atom stereocenters. The van der Waals surface area contributed by atoms with Crippen LogP contribution < -0.4 is 0 Å². The van der Waals surface area contributed by atoms with Crippen LogP contribution in [0.3, 0.4) is 0 Å². The predicted molar refractivity (Wildman–Crippen MR) is 78.1 cm³/mol. The summed E-state index contributed by atoms with van der Waals surface area (Å²) in [6, 6.07) is 8.85. The van der Waals surface area contributed by atoms with Crippen LogP contribution in [0.5, 0.6) is 0 Å². The molecule has 110 valence electrons. The van der Waals surface area contributed by atoms with Gasteiger partial charge in [0.25, 0.3) is 0 Å². The molecule has 2 aromatic heterocycles. The van der Waals surface area contributed by atoms with Crippen molar-refractivity contribution in [3.8, 4) is 11.3 Å². The summed E-state index contributed by atoms with van der Waals surface area (Å²) in [6.07, 6.45) is 4.24. The van der Waals surface area contributed by atoms with E-state index in [1.54, 1.807) is 18.2 Å². The zero-order valence-corrected chi connectivity index (χ0v) is 12.0. The lowest BCUT2D eigenvalue weighted by Crippen LogP contribution is -2.07. The van der Waals surface area contributed by atoms with Gasteiger partial charge in [0, 0.05) is 29.0 Å². The summed E-state index contributed by atoms with van der Waals surface area (Å²) in [4.78, 5) is 19.4. The maximum absolute atomic E-state index is 11.7. The number of carbonyl (C=O) groups is 1. The van der Waals surface area contributed by atoms with Crippen molar-refractivity contribution in [2.45, 2.75) is 6.61 Å². The Balaban J connectivity index is 1.65. The van der Waals surface area contributed by atoms with Gasteiger partial charge in [-0.25, -0.2) is 9.78 Å². The van der Waals surface area contributed by atoms with Crippen molar-refractivity contribution in [3.05, 3.63) is 65.3 Å². The summed E-state index contributed by atoms with van der Waals surface area (Å²) in [5.74, 6) is 0.00589. The molecule has 2 heterocycles. The van der Waals surface area contributed by atoms with Crippen molar-refractivity contribution >= 4 is 17.6 Å². The van der Waals surface area contributed by atoms with Crippen LogP contribution in [0, 0.1) is 0 Å². The first-order valence-electron chi connectivity index (χ1n) is 6.37. The number of halogens is 1. The molecule has 0 saturated carbocycles. The Morgan fingerprint density at radius 3 is 2.77 bits per heavy atom. The number of rotatable bonds is 4. The van der Waals surface area contributed by atoms with Crippen LogP contribution in [0.1, 0.15) is 16.2 Å². The highest BCUT2D eigenvalue weighted by Gasteiger charge is 2.12. The van der Waals surface area contributed by atoms with Crippen molar-refractivity contribution in [2.24, 2.45) is 0 Å². The van der Waals surface area contributed by atoms with Gasteiger partial charge in [0.05, 0.1) is 6.20 Å². The predicted octanol–water partition coefficient (Wildman–Crippen LogP) is 3.14. The minimum atomic E-state index is -0.566. The summed E-state index contributed by atoms with van der Waals surface area (Å²) in [7, 11) is 0. The van der Waals surface area contributed by atoms with Crippen molar-refractivity contribution in [3.63, 3.8) is 0 Å². The summed E-state index contributed by atoms with van der Waals surface area (Å²) < 4.78 is 10.3. The van der Waals surface area contributed by atoms with E-state index in [4.69, 9.17) is 20.9 Å². The van der Waals surface area contributed by atoms with E-state index in [0.29, 0.717) is 16.5 Å². The van der Waals surface area contributed by atoms with E-state index in [9.17, 15) is 4.79 Å². The average Bonchev–Trinajstić information content (AvgIpc) is 3.03. The van der Waals surface area contributed by atoms with E-state index >= 15 is 0 Å². The van der Waals surface area contributed by atoms with Gasteiger partial charge in [-0.2, -0.15) is 0 Å². The first-order valence-corrected chi connectivity index (χ1v) is 6.75. The van der Waals surface area contributed by atoms with E-state index in [2.05, 4.69) is 15.1 Å². The highest BCUT2D eigenvalue weighted by molar-refractivity contribution is 6.30. The number of hydrogen-bond donors (Lipinski definition) is 0. The molecule has 0 unspecified atom stereocenters. The summed E-state index contributed by atoms with van der Waals surface area (Å²) in [5.41, 5.74) is 1.48. The van der Waals surface area contributed by atoms with Gasteiger partial charge in [-0.15, -0.1) is 0 Å². The van der Waals surface area contributed by atoms with Crippen LogP contribution in [-0.4, -0.2) is 21.1 Å². The number of nitrogens with zero attached hydrogens (tertiary/aromatic N) is 3. The molecule has 0 aliphatic heterocycles. The molecule has 6 nitrogen and oxygen atoms in total. The molecule has 3 rings (SSSR count). The topological polar surface area (TPSA) is 78.1 Å². The molecule has 7 heteroatoms. The van der Waals surface area contributed by atoms with Gasteiger partial charge < -0.3 is 9.26 Å². The molecule has 0 radical (unpaired) electrons. The molecular weight excluding hydrogens is 306 g/mol. The van der Waals surface area contributed by atoms with Gasteiger partial charge in [0.2, 0.25) is 0 Å². The fraction of sp³-hybridized carbons (Fsp3) is 0.0667. The average molecular weight is 316 g/mol. The van der Waals surface area contributed by atoms with Crippen LogP contribution in [0.25, 0.3) is 11.3 Å². The van der Waals surface area contributed by atoms with E-state index in [0.717, 1.165) is 5.56 Å². The third-order valence-electron chi connectivity index (χ3n) is 2.81. The first kappa shape index (κ1) is 14.2. The van der Waals surface area contributed by atoms with Gasteiger partial charge in [0.1, 0.15) is 12.3 Å².